The van der Waals surface area contributed by atoms with Gasteiger partial charge in [-0.1, -0.05) is 23.7 Å². The first-order chi connectivity index (χ1) is 7.40. The summed E-state index contributed by atoms with van der Waals surface area (Å²) in [4.78, 5) is 13.4. The van der Waals surface area contributed by atoms with Crippen LogP contribution in [0.15, 0.2) is 24.3 Å². The topological polar surface area (TPSA) is 44.1 Å². The first-order valence-corrected chi connectivity index (χ1v) is 5.22. The highest BCUT2D eigenvalue weighted by Gasteiger charge is 2.28. The Balaban J connectivity index is 3.06. The normalized spacial score (nSPS) is 10.7. The van der Waals surface area contributed by atoms with Crippen LogP contribution >= 0.6 is 11.6 Å². The van der Waals surface area contributed by atoms with Gasteiger partial charge in [-0.15, -0.1) is 0 Å². The fraction of sp³-hybridized carbons (Fsp3) is 0.333. The Kier molecular flexibility index (Phi) is 3.56. The third kappa shape index (κ3) is 2.34. The molecule has 0 aliphatic rings. The standard InChI is InChI=1S/C12H13ClN2O/c1-12(2,8-14)15(3)11(16)9-6-4-5-7-10(9)13/h4-7H,1-3H3. The van der Waals surface area contributed by atoms with E-state index in [2.05, 4.69) is 6.07 Å². The summed E-state index contributed by atoms with van der Waals surface area (Å²) in [5.41, 5.74) is -0.439. The lowest BCUT2D eigenvalue weighted by Gasteiger charge is -2.29. The molecule has 0 saturated carbocycles. The van der Waals surface area contributed by atoms with Gasteiger partial charge in [-0.2, -0.15) is 5.26 Å². The van der Waals surface area contributed by atoms with E-state index in [4.69, 9.17) is 16.9 Å². The molecule has 0 aromatic heterocycles. The summed E-state index contributed by atoms with van der Waals surface area (Å²) in [5, 5.41) is 9.35. The molecule has 1 amide bonds. The van der Waals surface area contributed by atoms with Gasteiger partial charge in [0.1, 0.15) is 5.54 Å². The highest BCUT2D eigenvalue weighted by atomic mass is 35.5. The number of nitriles is 1. The molecule has 0 unspecified atom stereocenters. The van der Waals surface area contributed by atoms with Gasteiger partial charge in [0.15, 0.2) is 0 Å². The van der Waals surface area contributed by atoms with Crippen molar-refractivity contribution in [3.05, 3.63) is 34.9 Å². The second-order valence-electron chi connectivity index (χ2n) is 4.01. The van der Waals surface area contributed by atoms with Crippen LogP contribution in [0.5, 0.6) is 0 Å². The van der Waals surface area contributed by atoms with Crippen molar-refractivity contribution in [1.82, 2.24) is 4.90 Å². The molecule has 84 valence electrons. The van der Waals surface area contributed by atoms with Crippen molar-refractivity contribution in [3.63, 3.8) is 0 Å². The van der Waals surface area contributed by atoms with Crippen molar-refractivity contribution < 1.29 is 4.79 Å². The Labute approximate surface area is 100 Å². The lowest BCUT2D eigenvalue weighted by molar-refractivity contribution is 0.0698. The van der Waals surface area contributed by atoms with Gasteiger partial charge >= 0.3 is 0 Å². The molecule has 0 N–H and O–H groups in total. The van der Waals surface area contributed by atoms with E-state index in [1.165, 1.54) is 4.90 Å². The van der Waals surface area contributed by atoms with Crippen LogP contribution in [0.3, 0.4) is 0 Å². The highest BCUT2D eigenvalue weighted by Crippen LogP contribution is 2.20. The van der Waals surface area contributed by atoms with E-state index in [0.717, 1.165) is 0 Å². The van der Waals surface area contributed by atoms with E-state index in [1.807, 2.05) is 0 Å². The SMILES string of the molecule is CN(C(=O)c1ccccc1Cl)C(C)(C)C#N. The Bertz CT molecular complexity index is 449. The number of amides is 1. The molecule has 3 nitrogen and oxygen atoms in total. The second-order valence-corrected chi connectivity index (χ2v) is 4.42. The monoisotopic (exact) mass is 236 g/mol. The molecular weight excluding hydrogens is 224 g/mol. The molecule has 0 aliphatic heterocycles. The number of benzene rings is 1. The molecular formula is C12H13ClN2O. The highest BCUT2D eigenvalue weighted by molar-refractivity contribution is 6.33. The van der Waals surface area contributed by atoms with E-state index in [1.54, 1.807) is 45.2 Å². The van der Waals surface area contributed by atoms with Crippen LogP contribution in [-0.4, -0.2) is 23.4 Å². The quantitative estimate of drug-likeness (QED) is 0.793. The number of carbonyl (C=O) groups is 1. The lowest BCUT2D eigenvalue weighted by Crippen LogP contribution is -2.43. The third-order valence-electron chi connectivity index (χ3n) is 2.52. The number of hydrogen-bond acceptors (Lipinski definition) is 2. The zero-order valence-electron chi connectivity index (χ0n) is 9.49. The summed E-state index contributed by atoms with van der Waals surface area (Å²) in [6.07, 6.45) is 0. The Morgan fingerprint density at radius 1 is 1.44 bits per heavy atom. The Morgan fingerprint density at radius 2 is 2.00 bits per heavy atom. The zero-order valence-corrected chi connectivity index (χ0v) is 10.2. The molecule has 0 atom stereocenters. The van der Waals surface area contributed by atoms with Crippen LogP contribution in [0.4, 0.5) is 0 Å². The summed E-state index contributed by atoms with van der Waals surface area (Å²) in [6, 6.07) is 8.88. The third-order valence-corrected chi connectivity index (χ3v) is 2.85. The predicted octanol–water partition coefficient (Wildman–Crippen LogP) is 2.71. The number of hydrogen-bond donors (Lipinski definition) is 0. The van der Waals surface area contributed by atoms with E-state index in [0.29, 0.717) is 10.6 Å². The summed E-state index contributed by atoms with van der Waals surface area (Å²) >= 11 is 5.93. The smallest absolute Gasteiger partial charge is 0.256 e. The molecule has 0 aliphatic carbocycles. The second kappa shape index (κ2) is 4.54. The molecule has 0 saturated heterocycles. The number of halogens is 1. The van der Waals surface area contributed by atoms with Gasteiger partial charge in [0.25, 0.3) is 5.91 Å². The maximum Gasteiger partial charge on any atom is 0.256 e. The molecule has 1 rings (SSSR count). The molecule has 1 aromatic carbocycles. The number of rotatable bonds is 2. The van der Waals surface area contributed by atoms with Crippen molar-refractivity contribution in [1.29, 1.82) is 5.26 Å². The van der Waals surface area contributed by atoms with Crippen molar-refractivity contribution in [2.45, 2.75) is 19.4 Å². The van der Waals surface area contributed by atoms with Crippen LogP contribution in [0, 0.1) is 11.3 Å². The minimum Gasteiger partial charge on any atom is -0.323 e. The van der Waals surface area contributed by atoms with E-state index in [-0.39, 0.29) is 5.91 Å². The van der Waals surface area contributed by atoms with Crippen molar-refractivity contribution >= 4 is 17.5 Å². The summed E-state index contributed by atoms with van der Waals surface area (Å²) < 4.78 is 0. The average molecular weight is 237 g/mol. The zero-order chi connectivity index (χ0) is 12.3. The molecule has 16 heavy (non-hydrogen) atoms. The predicted molar refractivity (Wildman–Crippen MR) is 63.2 cm³/mol. The van der Waals surface area contributed by atoms with Gasteiger partial charge in [-0.05, 0) is 26.0 Å². The summed E-state index contributed by atoms with van der Waals surface area (Å²) in [5.74, 6) is -0.253. The Morgan fingerprint density at radius 3 is 2.50 bits per heavy atom. The first kappa shape index (κ1) is 12.5. The maximum absolute atomic E-state index is 12.1. The lowest BCUT2D eigenvalue weighted by atomic mass is 10.0. The van der Waals surface area contributed by atoms with Crippen LogP contribution in [-0.2, 0) is 0 Å². The molecule has 1 aromatic rings. The summed E-state index contributed by atoms with van der Waals surface area (Å²) in [7, 11) is 1.59. The van der Waals surface area contributed by atoms with E-state index in [9.17, 15) is 4.79 Å². The van der Waals surface area contributed by atoms with Gasteiger partial charge in [0, 0.05) is 7.05 Å². The van der Waals surface area contributed by atoms with Gasteiger partial charge in [-0.25, -0.2) is 0 Å². The number of carbonyl (C=O) groups excluding carboxylic acids is 1. The molecule has 0 spiro atoms. The number of nitrogens with zero attached hydrogens (tertiary/aromatic N) is 2. The molecule has 0 fully saturated rings. The van der Waals surface area contributed by atoms with Crippen LogP contribution in [0.1, 0.15) is 24.2 Å². The van der Waals surface area contributed by atoms with E-state index < -0.39 is 5.54 Å². The largest absolute Gasteiger partial charge is 0.323 e. The van der Waals surface area contributed by atoms with Crippen LogP contribution < -0.4 is 0 Å². The van der Waals surface area contributed by atoms with Gasteiger partial charge in [0.2, 0.25) is 0 Å². The first-order valence-electron chi connectivity index (χ1n) is 4.84. The van der Waals surface area contributed by atoms with Gasteiger partial charge in [-0.3, -0.25) is 4.79 Å². The molecule has 0 radical (unpaired) electrons. The molecule has 4 heteroatoms. The maximum atomic E-state index is 12.1. The van der Waals surface area contributed by atoms with Crippen molar-refractivity contribution in [3.8, 4) is 6.07 Å². The van der Waals surface area contributed by atoms with Crippen LogP contribution in [0.2, 0.25) is 5.02 Å². The molecule has 0 heterocycles. The van der Waals surface area contributed by atoms with Gasteiger partial charge in [0.05, 0.1) is 16.7 Å². The Hall–Kier alpha value is -1.53. The fourth-order valence-corrected chi connectivity index (χ4v) is 1.36. The summed E-state index contributed by atoms with van der Waals surface area (Å²) in [6.45, 7) is 3.36. The van der Waals surface area contributed by atoms with Crippen molar-refractivity contribution in [2.75, 3.05) is 7.05 Å². The van der Waals surface area contributed by atoms with Crippen LogP contribution in [0.25, 0.3) is 0 Å². The van der Waals surface area contributed by atoms with E-state index >= 15 is 0 Å². The average Bonchev–Trinajstić information content (AvgIpc) is 2.27. The fourth-order valence-electron chi connectivity index (χ4n) is 1.14. The van der Waals surface area contributed by atoms with Gasteiger partial charge < -0.3 is 4.90 Å². The molecule has 0 bridgehead atoms. The van der Waals surface area contributed by atoms with Crippen molar-refractivity contribution in [2.24, 2.45) is 0 Å². The minimum atomic E-state index is -0.851. The minimum absolute atomic E-state index is 0.253.